The number of benzene rings is 9. The van der Waals surface area contributed by atoms with Gasteiger partial charge in [0.25, 0.3) is 0 Å². The Bertz CT molecular complexity index is 3500. The minimum atomic E-state index is 0.897. The predicted molar refractivity (Wildman–Crippen MR) is 250 cm³/mol. The molecule has 0 spiro atoms. The first-order chi connectivity index (χ1) is 28.7. The van der Waals surface area contributed by atoms with Gasteiger partial charge in [-0.15, -0.1) is 22.7 Å². The number of hydrogen-bond donors (Lipinski definition) is 0. The summed E-state index contributed by atoms with van der Waals surface area (Å²) < 4.78 is 11.7. The number of fused-ring (bicyclic) bond motifs is 9. The molecule has 0 saturated carbocycles. The molecular formula is C54H33NOS2. The molecule has 0 saturated heterocycles. The molecule has 272 valence electrons. The summed E-state index contributed by atoms with van der Waals surface area (Å²) >= 11 is 3.71. The van der Waals surface area contributed by atoms with Crippen molar-refractivity contribution in [1.29, 1.82) is 0 Å². The van der Waals surface area contributed by atoms with Gasteiger partial charge >= 0.3 is 0 Å². The van der Waals surface area contributed by atoms with Crippen LogP contribution in [0.4, 0.5) is 17.1 Å². The monoisotopic (exact) mass is 775 g/mol. The standard InChI is InChI=1S/C54H33NOS2/c1-2-9-36(10-3-1)42-13-8-14-45-46-31-37(21-28-49(46)56-54(42)45)34-17-23-39(24-18-34)55(41-27-30-53-48(33-41)44-12-5-7-16-51(44)58-53)40-25-19-35(20-26-40)38-22-29-52-47(32-38)43-11-4-6-15-50(43)57-52/h1-33H. The van der Waals surface area contributed by atoms with Crippen LogP contribution in [0.3, 0.4) is 0 Å². The molecule has 0 aliphatic heterocycles. The van der Waals surface area contributed by atoms with E-state index in [-0.39, 0.29) is 0 Å². The summed E-state index contributed by atoms with van der Waals surface area (Å²) in [5, 5.41) is 7.47. The normalized spacial score (nSPS) is 11.8. The quantitative estimate of drug-likeness (QED) is 0.167. The molecule has 0 aliphatic rings. The van der Waals surface area contributed by atoms with E-state index in [1.54, 1.807) is 0 Å². The SMILES string of the molecule is c1ccc(-c2cccc3c2oc2ccc(-c4ccc(N(c5ccc(-c6ccc7sc8ccccc8c7c6)cc5)c5ccc6sc7ccccc7c6c5)cc4)cc23)cc1. The van der Waals surface area contributed by atoms with Gasteiger partial charge in [0.05, 0.1) is 0 Å². The second-order valence-electron chi connectivity index (χ2n) is 14.9. The number of furan rings is 1. The Hall–Kier alpha value is -6.98. The van der Waals surface area contributed by atoms with Crippen molar-refractivity contribution < 1.29 is 4.42 Å². The Kier molecular flexibility index (Phi) is 7.62. The van der Waals surface area contributed by atoms with Crippen molar-refractivity contribution in [3.05, 3.63) is 200 Å². The Balaban J connectivity index is 0.940. The van der Waals surface area contributed by atoms with Crippen molar-refractivity contribution in [1.82, 2.24) is 0 Å². The van der Waals surface area contributed by atoms with Crippen molar-refractivity contribution in [3.63, 3.8) is 0 Å². The van der Waals surface area contributed by atoms with Crippen molar-refractivity contribution in [2.75, 3.05) is 4.90 Å². The molecule has 2 nitrogen and oxygen atoms in total. The van der Waals surface area contributed by atoms with Crippen LogP contribution >= 0.6 is 22.7 Å². The average molecular weight is 776 g/mol. The molecule has 0 radical (unpaired) electrons. The third-order valence-corrected chi connectivity index (χ3v) is 13.8. The van der Waals surface area contributed by atoms with Crippen LogP contribution in [-0.4, -0.2) is 0 Å². The molecule has 0 unspecified atom stereocenters. The molecule has 58 heavy (non-hydrogen) atoms. The fourth-order valence-electron chi connectivity index (χ4n) is 8.63. The largest absolute Gasteiger partial charge is 0.455 e. The van der Waals surface area contributed by atoms with E-state index in [4.69, 9.17) is 4.42 Å². The van der Waals surface area contributed by atoms with E-state index in [9.17, 15) is 0 Å². The molecule has 4 heteroatoms. The van der Waals surface area contributed by atoms with E-state index in [2.05, 4.69) is 199 Å². The van der Waals surface area contributed by atoms with Crippen LogP contribution in [0.1, 0.15) is 0 Å². The average Bonchev–Trinajstić information content (AvgIpc) is 3.98. The lowest BCUT2D eigenvalue weighted by Crippen LogP contribution is -2.09. The second kappa shape index (κ2) is 13.3. The summed E-state index contributed by atoms with van der Waals surface area (Å²) in [7, 11) is 0. The summed E-state index contributed by atoms with van der Waals surface area (Å²) in [6, 6.07) is 72.7. The molecule has 3 heterocycles. The number of thiophene rings is 2. The summed E-state index contributed by atoms with van der Waals surface area (Å²) in [5.74, 6) is 0. The van der Waals surface area contributed by atoms with E-state index < -0.39 is 0 Å². The third kappa shape index (κ3) is 5.45. The number of hydrogen-bond acceptors (Lipinski definition) is 4. The van der Waals surface area contributed by atoms with Gasteiger partial charge in [0.15, 0.2) is 0 Å². The van der Waals surface area contributed by atoms with Gasteiger partial charge in [0.2, 0.25) is 0 Å². The lowest BCUT2D eigenvalue weighted by atomic mass is 10.00. The highest BCUT2D eigenvalue weighted by atomic mass is 32.1. The highest BCUT2D eigenvalue weighted by Crippen LogP contribution is 2.43. The van der Waals surface area contributed by atoms with E-state index >= 15 is 0 Å². The highest BCUT2D eigenvalue weighted by molar-refractivity contribution is 7.26. The van der Waals surface area contributed by atoms with Gasteiger partial charge in [-0.1, -0.05) is 121 Å². The summed E-state index contributed by atoms with van der Waals surface area (Å²) in [6.45, 7) is 0. The Morgan fingerprint density at radius 1 is 0.310 bits per heavy atom. The minimum absolute atomic E-state index is 0.897. The molecule has 0 atom stereocenters. The van der Waals surface area contributed by atoms with Gasteiger partial charge in [-0.3, -0.25) is 0 Å². The van der Waals surface area contributed by atoms with Crippen LogP contribution < -0.4 is 4.90 Å². The second-order valence-corrected chi connectivity index (χ2v) is 17.0. The zero-order valence-corrected chi connectivity index (χ0v) is 32.9. The molecular weight excluding hydrogens is 743 g/mol. The fraction of sp³-hybridized carbons (Fsp3) is 0. The van der Waals surface area contributed by atoms with Crippen molar-refractivity contribution in [3.8, 4) is 33.4 Å². The molecule has 3 aromatic heterocycles. The number of para-hydroxylation sites is 1. The summed E-state index contributed by atoms with van der Waals surface area (Å²) in [4.78, 5) is 2.38. The van der Waals surface area contributed by atoms with Gasteiger partial charge in [-0.2, -0.15) is 0 Å². The molecule has 9 aromatic carbocycles. The van der Waals surface area contributed by atoms with Crippen LogP contribution in [0.5, 0.6) is 0 Å². The maximum atomic E-state index is 6.49. The van der Waals surface area contributed by atoms with Crippen LogP contribution in [-0.2, 0) is 0 Å². The Labute approximate surface area is 343 Å². The van der Waals surface area contributed by atoms with E-state index in [0.717, 1.165) is 61.3 Å². The lowest BCUT2D eigenvalue weighted by Gasteiger charge is -2.26. The molecule has 0 N–H and O–H groups in total. The molecule has 12 rings (SSSR count). The van der Waals surface area contributed by atoms with Gasteiger partial charge in [-0.05, 0) is 107 Å². The first-order valence-corrected chi connectivity index (χ1v) is 21.2. The molecule has 12 aromatic rings. The topological polar surface area (TPSA) is 16.4 Å². The fourth-order valence-corrected chi connectivity index (χ4v) is 10.8. The number of nitrogens with zero attached hydrogens (tertiary/aromatic N) is 1. The van der Waals surface area contributed by atoms with Gasteiger partial charge in [0, 0.05) is 73.7 Å². The smallest absolute Gasteiger partial charge is 0.143 e. The van der Waals surface area contributed by atoms with E-state index in [1.807, 2.05) is 28.7 Å². The third-order valence-electron chi connectivity index (χ3n) is 11.5. The van der Waals surface area contributed by atoms with Crippen molar-refractivity contribution in [2.45, 2.75) is 0 Å². The molecule has 0 amide bonds. The van der Waals surface area contributed by atoms with Crippen LogP contribution in [0.2, 0.25) is 0 Å². The van der Waals surface area contributed by atoms with Crippen LogP contribution in [0.15, 0.2) is 205 Å². The van der Waals surface area contributed by atoms with Crippen LogP contribution in [0.25, 0.3) is 95.7 Å². The first kappa shape index (κ1) is 33.2. The van der Waals surface area contributed by atoms with Crippen molar-refractivity contribution >= 4 is 102 Å². The Morgan fingerprint density at radius 2 is 0.810 bits per heavy atom. The lowest BCUT2D eigenvalue weighted by molar-refractivity contribution is 0.670. The van der Waals surface area contributed by atoms with E-state index in [0.29, 0.717) is 0 Å². The van der Waals surface area contributed by atoms with Gasteiger partial charge in [-0.25, -0.2) is 0 Å². The maximum Gasteiger partial charge on any atom is 0.143 e. The zero-order valence-electron chi connectivity index (χ0n) is 31.2. The van der Waals surface area contributed by atoms with Gasteiger partial charge < -0.3 is 9.32 Å². The first-order valence-electron chi connectivity index (χ1n) is 19.6. The number of rotatable bonds is 6. The van der Waals surface area contributed by atoms with Gasteiger partial charge in [0.1, 0.15) is 11.2 Å². The molecule has 0 bridgehead atoms. The summed E-state index contributed by atoms with van der Waals surface area (Å²) in [5.41, 5.74) is 12.2. The zero-order chi connectivity index (χ0) is 38.2. The van der Waals surface area contributed by atoms with Crippen molar-refractivity contribution in [2.24, 2.45) is 0 Å². The minimum Gasteiger partial charge on any atom is -0.455 e. The number of anilines is 3. The van der Waals surface area contributed by atoms with E-state index in [1.165, 1.54) is 51.5 Å². The highest BCUT2D eigenvalue weighted by Gasteiger charge is 2.17. The molecule has 0 fully saturated rings. The molecule has 0 aliphatic carbocycles. The Morgan fingerprint density at radius 3 is 1.48 bits per heavy atom. The maximum absolute atomic E-state index is 6.49. The predicted octanol–water partition coefficient (Wildman–Crippen LogP) is 16.8. The van der Waals surface area contributed by atoms with Crippen LogP contribution in [0, 0.1) is 0 Å². The summed E-state index contributed by atoms with van der Waals surface area (Å²) in [6.07, 6.45) is 0.